The minimum absolute atomic E-state index is 0.194. The summed E-state index contributed by atoms with van der Waals surface area (Å²) in [5, 5.41) is 35.6. The van der Waals surface area contributed by atoms with Crippen LogP contribution in [0.2, 0.25) is 0 Å². The minimum Gasteiger partial charge on any atom is -0.494 e. The van der Waals surface area contributed by atoms with E-state index >= 15 is 0 Å². The number of alkyl halides is 6. The number of fused-ring (bicyclic) bond motifs is 2. The topological polar surface area (TPSA) is 211 Å². The smallest absolute Gasteiger partial charge is 0.131 e. The van der Waals surface area contributed by atoms with E-state index in [4.69, 9.17) is 108 Å². The summed E-state index contributed by atoms with van der Waals surface area (Å²) < 4.78 is 30.8. The number of hydrogen-bond acceptors (Lipinski definition) is 16. The number of rotatable bonds is 0. The highest BCUT2D eigenvalue weighted by Crippen LogP contribution is 2.25. The lowest BCUT2D eigenvalue weighted by molar-refractivity contribution is 0.104. The molecule has 0 saturated carbocycles. The Kier molecular flexibility index (Phi) is 25.6. The van der Waals surface area contributed by atoms with E-state index in [1.165, 1.54) is 0 Å². The van der Waals surface area contributed by atoms with Crippen LogP contribution in [0.3, 0.4) is 0 Å². The van der Waals surface area contributed by atoms with Gasteiger partial charge in [-0.15, -0.1) is 90.0 Å². The van der Waals surface area contributed by atoms with Crippen LogP contribution in [0.1, 0.15) is 57.6 Å². The zero-order valence-corrected chi connectivity index (χ0v) is 54.7. The van der Waals surface area contributed by atoms with Gasteiger partial charge in [-0.3, -0.25) is 0 Å². The third-order valence-corrected chi connectivity index (χ3v) is 14.0. The molecule has 0 spiro atoms. The number of aromatic nitrogens is 16. The molecule has 20 nitrogen and oxygen atoms in total. The first-order valence-corrected chi connectivity index (χ1v) is 32.5. The Hall–Kier alpha value is -8.70. The van der Waals surface area contributed by atoms with Crippen molar-refractivity contribution in [2.45, 2.75) is 65.4 Å². The molecule has 0 amide bonds. The molecule has 93 heavy (non-hydrogen) atoms. The Morgan fingerprint density at radius 3 is 0.839 bits per heavy atom. The fraction of sp³-hybridized carbons (Fsp3) is 0.224. The SMILES string of the molecule is ClCCl.ClCCl.ClCCl.c1cc2nc(c1)-c1cccc(n1)COCc1ccc(cc1)OCCCCOc1ccc(cc1)COC2.c1cc2nc(c1)-c1cn(nn1)Cc1ccc(cc1)Cn1cc(nn1)-c1cccc(n1)-c1cn(nn1)Cc1ccc(cc1)Cn1cc-2nn1. The first kappa shape index (κ1) is 67.2. The molecule has 4 aromatic carbocycles. The van der Waals surface area contributed by atoms with E-state index in [1.54, 1.807) is 0 Å². The first-order valence-electron chi connectivity index (χ1n) is 29.3. The molecule has 24 bridgehead atoms. The summed E-state index contributed by atoms with van der Waals surface area (Å²) in [7, 11) is 0. The number of hydrogen-bond donors (Lipinski definition) is 0. The van der Waals surface area contributed by atoms with Gasteiger partial charge in [0, 0.05) is 0 Å². The number of nitrogens with zero attached hydrogens (tertiary/aromatic N) is 16. The Morgan fingerprint density at radius 2 is 0.548 bits per heavy atom. The van der Waals surface area contributed by atoms with Gasteiger partial charge in [0.1, 0.15) is 34.3 Å². The molecule has 0 fully saturated rings. The van der Waals surface area contributed by atoms with Gasteiger partial charge in [0.05, 0.1) is 152 Å². The molecule has 7 aliphatic rings. The molecule has 0 aliphatic carbocycles. The zero-order chi connectivity index (χ0) is 64.4. The molecule has 15 heterocycles. The van der Waals surface area contributed by atoms with Gasteiger partial charge in [0.15, 0.2) is 0 Å². The maximum Gasteiger partial charge on any atom is 0.131 e. The van der Waals surface area contributed by atoms with E-state index in [0.717, 1.165) is 80.5 Å². The molecular formula is C67H62Cl6N16O4. The third-order valence-electron chi connectivity index (χ3n) is 14.0. The van der Waals surface area contributed by atoms with Crippen LogP contribution in [0, 0.1) is 0 Å². The van der Waals surface area contributed by atoms with Crippen LogP contribution in [0.4, 0.5) is 0 Å². The molecule has 476 valence electrons. The Bertz CT molecular complexity index is 3780. The molecule has 26 heteroatoms. The van der Waals surface area contributed by atoms with Crippen molar-refractivity contribution in [3.63, 3.8) is 0 Å². The largest absolute Gasteiger partial charge is 0.494 e. The summed E-state index contributed by atoms with van der Waals surface area (Å²) in [5.74, 6) is 1.73. The fourth-order valence-electron chi connectivity index (χ4n) is 9.56. The predicted molar refractivity (Wildman–Crippen MR) is 361 cm³/mol. The molecule has 0 radical (unpaired) electrons. The number of benzene rings is 4. The van der Waals surface area contributed by atoms with Crippen molar-refractivity contribution in [1.82, 2.24) is 79.9 Å². The lowest BCUT2D eigenvalue weighted by Crippen LogP contribution is -2.03. The normalized spacial score (nSPS) is 13.0. The maximum atomic E-state index is 5.92. The van der Waals surface area contributed by atoms with E-state index in [0.29, 0.717) is 111 Å². The van der Waals surface area contributed by atoms with Crippen molar-refractivity contribution in [2.75, 3.05) is 29.2 Å². The van der Waals surface area contributed by atoms with Crippen molar-refractivity contribution >= 4 is 69.6 Å². The van der Waals surface area contributed by atoms with Crippen LogP contribution >= 0.6 is 69.6 Å². The van der Waals surface area contributed by atoms with Gasteiger partial charge in [-0.05, 0) is 119 Å². The van der Waals surface area contributed by atoms with E-state index < -0.39 is 0 Å². The van der Waals surface area contributed by atoms with Crippen molar-refractivity contribution in [1.29, 1.82) is 0 Å². The Morgan fingerprint density at radius 1 is 0.290 bits per heavy atom. The second kappa shape index (κ2) is 35.4. The number of halogens is 6. The molecule has 19 rings (SSSR count). The van der Waals surface area contributed by atoms with Crippen molar-refractivity contribution in [3.8, 4) is 68.4 Å². The monoisotopic (exact) mass is 1360 g/mol. The fourth-order valence-corrected chi connectivity index (χ4v) is 9.56. The minimum atomic E-state index is 0.194. The standard InChI is InChI=1S/C34H26N14.C30H30N2O4.3CH2Cl2/c1-3-27-31-19-45(41-37-31)15-23-7-11-25(12-8-23)17-47-21-33(39-43-47)29-5-2-6-30(36-29)34-22-48(44-40-34)18-26-13-9-24(10-14-26)16-46-20-32(38-42-46)28(4-1)35-27;1-2-18-36-28-15-11-24(12-16-28)20-34-22-26-6-4-8-30(32-26)29-7-3-5-25(31-29)21-33-19-23-9-13-27(14-10-23)35-17-1;3*2-1-3/h1-14,19-22H,15-18H2;3-16H,1-2,17-22H2;3*1H2. The van der Waals surface area contributed by atoms with Crippen LogP contribution in [0.25, 0.3) is 56.9 Å². The van der Waals surface area contributed by atoms with Crippen LogP contribution in [0.5, 0.6) is 11.5 Å². The summed E-state index contributed by atoms with van der Waals surface area (Å²) >= 11 is 28.6. The third kappa shape index (κ3) is 20.4. The molecule has 12 aromatic rings. The van der Waals surface area contributed by atoms with Gasteiger partial charge in [-0.25, -0.2) is 38.7 Å². The lowest BCUT2D eigenvalue weighted by atomic mass is 10.1. The van der Waals surface area contributed by atoms with E-state index in [9.17, 15) is 0 Å². The summed E-state index contributed by atoms with van der Waals surface area (Å²) in [6, 6.07) is 56.2. The predicted octanol–water partition coefficient (Wildman–Crippen LogP) is 14.4. The average Bonchev–Trinajstić information content (AvgIpc) is 1.89. The van der Waals surface area contributed by atoms with Crippen molar-refractivity contribution in [2.24, 2.45) is 0 Å². The summed E-state index contributed by atoms with van der Waals surface area (Å²) in [6.45, 7) is 5.49. The zero-order valence-electron chi connectivity index (χ0n) is 50.1. The number of pyridine rings is 4. The van der Waals surface area contributed by atoms with Crippen LogP contribution in [-0.2, 0) is 62.1 Å². The maximum absolute atomic E-state index is 5.92. The molecule has 0 unspecified atom stereocenters. The molecular weight excluding hydrogens is 1310 g/mol. The Labute approximate surface area is 567 Å². The van der Waals surface area contributed by atoms with Gasteiger partial charge in [-0.2, -0.15) is 0 Å². The van der Waals surface area contributed by atoms with Crippen molar-refractivity contribution < 1.29 is 18.9 Å². The van der Waals surface area contributed by atoms with E-state index in [-0.39, 0.29) is 16.0 Å². The van der Waals surface area contributed by atoms with Gasteiger partial charge in [0.25, 0.3) is 0 Å². The molecule has 8 aromatic heterocycles. The van der Waals surface area contributed by atoms with Crippen LogP contribution in [-0.4, -0.2) is 109 Å². The number of ether oxygens (including phenoxy) is 4. The van der Waals surface area contributed by atoms with E-state index in [1.807, 2.05) is 165 Å². The summed E-state index contributed by atoms with van der Waals surface area (Å²) in [6.07, 6.45) is 9.47. The van der Waals surface area contributed by atoms with Crippen molar-refractivity contribution in [3.05, 3.63) is 239 Å². The molecule has 7 aliphatic heterocycles. The Balaban J connectivity index is 0.000000187. The van der Waals surface area contributed by atoms with Crippen LogP contribution < -0.4 is 9.47 Å². The van der Waals surface area contributed by atoms with Crippen LogP contribution in [0.15, 0.2) is 195 Å². The van der Waals surface area contributed by atoms with Gasteiger partial charge in [-0.1, -0.05) is 118 Å². The van der Waals surface area contributed by atoms with Gasteiger partial charge < -0.3 is 18.9 Å². The second-order valence-electron chi connectivity index (χ2n) is 20.7. The summed E-state index contributed by atoms with van der Waals surface area (Å²) in [5.41, 5.74) is 15.5. The lowest BCUT2D eigenvalue weighted by Gasteiger charge is -2.10. The summed E-state index contributed by atoms with van der Waals surface area (Å²) in [4.78, 5) is 19.1. The highest BCUT2D eigenvalue weighted by molar-refractivity contribution is 6.41. The molecule has 0 N–H and O–H groups in total. The second-order valence-corrected chi connectivity index (χ2v) is 23.1. The molecule has 0 atom stereocenters. The first-order chi connectivity index (χ1) is 45.7. The van der Waals surface area contributed by atoms with Gasteiger partial charge in [0.2, 0.25) is 0 Å². The quantitative estimate of drug-likeness (QED) is 0.129. The van der Waals surface area contributed by atoms with E-state index in [2.05, 4.69) is 89.8 Å². The highest BCUT2D eigenvalue weighted by Gasteiger charge is 2.15. The molecule has 0 saturated heterocycles. The average molecular weight is 1370 g/mol. The highest BCUT2D eigenvalue weighted by atomic mass is 35.5. The van der Waals surface area contributed by atoms with Gasteiger partial charge >= 0.3 is 0 Å².